The Bertz CT molecular complexity index is 711. The summed E-state index contributed by atoms with van der Waals surface area (Å²) in [6, 6.07) is 8.09. The molecular formula is C16H21N5O. The molecule has 0 saturated carbocycles. The molecule has 0 spiro atoms. The summed E-state index contributed by atoms with van der Waals surface area (Å²) in [5.41, 5.74) is 4.72. The first-order chi connectivity index (χ1) is 10.4. The summed E-state index contributed by atoms with van der Waals surface area (Å²) in [4.78, 5) is 14.6. The number of H-pyrrole nitrogens is 1. The van der Waals surface area contributed by atoms with E-state index >= 15 is 0 Å². The number of benzene rings is 1. The Morgan fingerprint density at radius 1 is 1.23 bits per heavy atom. The van der Waals surface area contributed by atoms with Crippen molar-refractivity contribution in [1.29, 1.82) is 0 Å². The number of aromatic nitrogens is 3. The van der Waals surface area contributed by atoms with Crippen LogP contribution in [-0.2, 0) is 11.8 Å². The maximum atomic E-state index is 11.9. The van der Waals surface area contributed by atoms with Crippen molar-refractivity contribution in [3.05, 3.63) is 51.4 Å². The maximum Gasteiger partial charge on any atom is 0.274 e. The molecule has 0 amide bonds. The van der Waals surface area contributed by atoms with Crippen molar-refractivity contribution < 1.29 is 0 Å². The molecule has 0 saturated heterocycles. The van der Waals surface area contributed by atoms with Crippen molar-refractivity contribution in [1.82, 2.24) is 15.2 Å². The predicted molar refractivity (Wildman–Crippen MR) is 88.4 cm³/mol. The molecule has 1 heterocycles. The van der Waals surface area contributed by atoms with E-state index in [4.69, 9.17) is 0 Å². The van der Waals surface area contributed by atoms with Crippen molar-refractivity contribution >= 4 is 12.2 Å². The summed E-state index contributed by atoms with van der Waals surface area (Å²) in [5, 5.41) is 12.0. The van der Waals surface area contributed by atoms with Crippen LogP contribution in [0.15, 0.2) is 34.2 Å². The molecule has 0 radical (unpaired) electrons. The third-order valence-corrected chi connectivity index (χ3v) is 3.18. The van der Waals surface area contributed by atoms with Crippen molar-refractivity contribution in [2.24, 2.45) is 5.10 Å². The molecule has 116 valence electrons. The van der Waals surface area contributed by atoms with Crippen molar-refractivity contribution in [2.75, 3.05) is 5.43 Å². The summed E-state index contributed by atoms with van der Waals surface area (Å²) >= 11 is 0. The van der Waals surface area contributed by atoms with E-state index < -0.39 is 0 Å². The van der Waals surface area contributed by atoms with Crippen molar-refractivity contribution in [3.8, 4) is 0 Å². The van der Waals surface area contributed by atoms with Crippen LogP contribution in [0.3, 0.4) is 0 Å². The highest BCUT2D eigenvalue weighted by molar-refractivity contribution is 5.80. The molecular weight excluding hydrogens is 278 g/mol. The van der Waals surface area contributed by atoms with E-state index in [9.17, 15) is 4.79 Å². The fraction of sp³-hybridized carbons (Fsp3) is 0.375. The Hall–Kier alpha value is -2.50. The van der Waals surface area contributed by atoms with Gasteiger partial charge in [0, 0.05) is 5.41 Å². The molecule has 0 aliphatic heterocycles. The lowest BCUT2D eigenvalue weighted by molar-refractivity contribution is 0.547. The molecule has 2 aromatic rings. The van der Waals surface area contributed by atoms with Gasteiger partial charge in [-0.05, 0) is 17.5 Å². The molecule has 1 aromatic heterocycles. The maximum absolute atomic E-state index is 11.9. The monoisotopic (exact) mass is 299 g/mol. The number of anilines is 1. The Morgan fingerprint density at radius 2 is 1.91 bits per heavy atom. The summed E-state index contributed by atoms with van der Waals surface area (Å²) in [7, 11) is 0. The molecule has 6 nitrogen and oxygen atoms in total. The highest BCUT2D eigenvalue weighted by Crippen LogP contribution is 2.15. The summed E-state index contributed by atoms with van der Waals surface area (Å²) in [6.07, 6.45) is 2.67. The number of nitrogens with zero attached hydrogens (tertiary/aromatic N) is 3. The number of aromatic amines is 1. The quantitative estimate of drug-likeness (QED) is 0.671. The number of rotatable bonds is 4. The topological polar surface area (TPSA) is 83.0 Å². The minimum atomic E-state index is -0.344. The van der Waals surface area contributed by atoms with Crippen LogP contribution in [0.1, 0.15) is 44.5 Å². The molecule has 1 aromatic carbocycles. The van der Waals surface area contributed by atoms with Crippen LogP contribution < -0.4 is 11.0 Å². The van der Waals surface area contributed by atoms with Gasteiger partial charge in [0.05, 0.1) is 6.21 Å². The molecule has 0 fully saturated rings. The van der Waals surface area contributed by atoms with E-state index in [-0.39, 0.29) is 16.9 Å². The normalized spacial score (nSPS) is 11.8. The second-order valence-corrected chi connectivity index (χ2v) is 6.07. The minimum absolute atomic E-state index is 0.222. The zero-order valence-electron chi connectivity index (χ0n) is 13.3. The fourth-order valence-corrected chi connectivity index (χ4v) is 1.89. The number of aryl methyl sites for hydroxylation is 1. The van der Waals surface area contributed by atoms with Crippen LogP contribution in [-0.4, -0.2) is 21.4 Å². The van der Waals surface area contributed by atoms with Crippen LogP contribution in [0, 0.1) is 0 Å². The van der Waals surface area contributed by atoms with Crippen LogP contribution in [0.2, 0.25) is 0 Å². The Balaban J connectivity index is 2.06. The Kier molecular flexibility index (Phi) is 4.70. The zero-order valence-corrected chi connectivity index (χ0v) is 13.3. The van der Waals surface area contributed by atoms with Gasteiger partial charge in [-0.15, -0.1) is 10.2 Å². The highest BCUT2D eigenvalue weighted by Gasteiger charge is 2.20. The first-order valence-electron chi connectivity index (χ1n) is 7.25. The van der Waals surface area contributed by atoms with Crippen LogP contribution >= 0.6 is 0 Å². The lowest BCUT2D eigenvalue weighted by Gasteiger charge is -2.15. The van der Waals surface area contributed by atoms with Crippen molar-refractivity contribution in [3.63, 3.8) is 0 Å². The second kappa shape index (κ2) is 6.51. The molecule has 0 bridgehead atoms. The largest absolute Gasteiger partial charge is 0.288 e. The molecule has 2 rings (SSSR count). The average molecular weight is 299 g/mol. The number of hydrogen-bond acceptors (Lipinski definition) is 5. The molecule has 0 aliphatic carbocycles. The molecule has 0 aliphatic rings. The summed E-state index contributed by atoms with van der Waals surface area (Å²) in [6.45, 7) is 7.85. The summed E-state index contributed by atoms with van der Waals surface area (Å²) in [5.74, 6) is 0.222. The van der Waals surface area contributed by atoms with Gasteiger partial charge in [0.15, 0.2) is 0 Å². The zero-order chi connectivity index (χ0) is 16.2. The van der Waals surface area contributed by atoms with Gasteiger partial charge in [-0.3, -0.25) is 9.78 Å². The predicted octanol–water partition coefficient (Wildman–Crippen LogP) is 2.47. The molecule has 6 heteroatoms. The van der Waals surface area contributed by atoms with E-state index in [2.05, 4.69) is 44.8 Å². The van der Waals surface area contributed by atoms with Gasteiger partial charge < -0.3 is 0 Å². The van der Waals surface area contributed by atoms with Gasteiger partial charge in [0.2, 0.25) is 5.95 Å². The first-order valence-corrected chi connectivity index (χ1v) is 7.25. The number of hydrogen-bond donors (Lipinski definition) is 2. The van der Waals surface area contributed by atoms with Crippen LogP contribution in [0.5, 0.6) is 0 Å². The van der Waals surface area contributed by atoms with E-state index in [1.165, 1.54) is 5.56 Å². The lowest BCUT2D eigenvalue weighted by atomic mass is 9.93. The standard InChI is InChI=1S/C16H21N5O/c1-5-11-6-8-12(9-7-11)10-17-20-15-18-14(22)13(19-21-15)16(2,3)4/h6-10H,5H2,1-4H3,(H2,18,20,21,22)/b17-10+. The smallest absolute Gasteiger partial charge is 0.274 e. The minimum Gasteiger partial charge on any atom is -0.288 e. The highest BCUT2D eigenvalue weighted by atomic mass is 16.1. The van der Waals surface area contributed by atoms with Crippen LogP contribution in [0.4, 0.5) is 5.95 Å². The van der Waals surface area contributed by atoms with E-state index in [0.29, 0.717) is 5.69 Å². The average Bonchev–Trinajstić information content (AvgIpc) is 2.47. The fourth-order valence-electron chi connectivity index (χ4n) is 1.89. The second-order valence-electron chi connectivity index (χ2n) is 6.07. The molecule has 0 unspecified atom stereocenters. The first kappa shape index (κ1) is 15.9. The van der Waals surface area contributed by atoms with Gasteiger partial charge in [0.25, 0.3) is 5.56 Å². The van der Waals surface area contributed by atoms with Gasteiger partial charge >= 0.3 is 0 Å². The molecule has 2 N–H and O–H groups in total. The Morgan fingerprint density at radius 3 is 2.45 bits per heavy atom. The van der Waals surface area contributed by atoms with Gasteiger partial charge in [0.1, 0.15) is 5.69 Å². The number of nitrogens with one attached hydrogen (secondary N) is 2. The SMILES string of the molecule is CCc1ccc(/C=N/Nc2nnc(C(C)(C)C)c(=O)[nH]2)cc1. The van der Waals surface area contributed by atoms with E-state index in [1.54, 1.807) is 6.21 Å². The van der Waals surface area contributed by atoms with E-state index in [0.717, 1.165) is 12.0 Å². The van der Waals surface area contributed by atoms with Gasteiger partial charge in [-0.1, -0.05) is 52.0 Å². The van der Waals surface area contributed by atoms with Gasteiger partial charge in [-0.2, -0.15) is 5.10 Å². The lowest BCUT2D eigenvalue weighted by Crippen LogP contribution is -2.28. The van der Waals surface area contributed by atoms with E-state index in [1.807, 2.05) is 32.9 Å². The molecule has 0 atom stereocenters. The van der Waals surface area contributed by atoms with Gasteiger partial charge in [-0.25, -0.2) is 5.43 Å². The third-order valence-electron chi connectivity index (χ3n) is 3.18. The Labute approximate surface area is 129 Å². The third kappa shape index (κ3) is 4.00. The van der Waals surface area contributed by atoms with Crippen molar-refractivity contribution in [2.45, 2.75) is 39.5 Å². The summed E-state index contributed by atoms with van der Waals surface area (Å²) < 4.78 is 0. The molecule has 22 heavy (non-hydrogen) atoms. The van der Waals surface area contributed by atoms with Crippen LogP contribution in [0.25, 0.3) is 0 Å². The number of hydrazone groups is 1.